The fourth-order valence-corrected chi connectivity index (χ4v) is 8.62. The van der Waals surface area contributed by atoms with E-state index < -0.39 is 35.5 Å². The third-order valence-corrected chi connectivity index (χ3v) is 11.5. The maximum absolute atomic E-state index is 14.0. The second-order valence-electron chi connectivity index (χ2n) is 13.9. The highest BCUT2D eigenvalue weighted by molar-refractivity contribution is 9.10. The van der Waals surface area contributed by atoms with Crippen LogP contribution in [0.5, 0.6) is 0 Å². The van der Waals surface area contributed by atoms with Crippen molar-refractivity contribution < 1.29 is 27.5 Å². The average Bonchev–Trinajstić information content (AvgIpc) is 3.48. The van der Waals surface area contributed by atoms with E-state index in [0.717, 1.165) is 55.7 Å². The molecule has 3 aliphatic heterocycles. The minimum absolute atomic E-state index is 0.0467. The molecule has 5 heterocycles. The number of nitrogen functional groups attached to an aromatic ring is 1. The molecule has 4 N–H and O–H groups in total. The van der Waals surface area contributed by atoms with E-state index in [2.05, 4.69) is 31.2 Å². The fraction of sp³-hybridized carbons (Fsp3) is 0.500. The summed E-state index contributed by atoms with van der Waals surface area (Å²) in [5.74, 6) is 0.678. The number of nitrogens with one attached hydrogen (secondary N) is 2. The van der Waals surface area contributed by atoms with Crippen molar-refractivity contribution in [3.8, 4) is 0 Å². The number of aromatic nitrogens is 3. The maximum atomic E-state index is 14.0. The quantitative estimate of drug-likeness (QED) is 0.209. The Hall–Kier alpha value is -4.11. The van der Waals surface area contributed by atoms with Gasteiger partial charge in [-0.15, -0.1) is 0 Å². The molecule has 2 amide bonds. The molecule has 51 heavy (non-hydrogen) atoms. The van der Waals surface area contributed by atoms with Gasteiger partial charge in [0, 0.05) is 48.5 Å². The zero-order valence-corrected chi connectivity index (χ0v) is 29.6. The predicted molar refractivity (Wildman–Crippen MR) is 190 cm³/mol. The van der Waals surface area contributed by atoms with Gasteiger partial charge in [0.2, 0.25) is 0 Å². The first-order valence-corrected chi connectivity index (χ1v) is 18.4. The van der Waals surface area contributed by atoms with Gasteiger partial charge in [-0.2, -0.15) is 13.2 Å². The number of halogens is 4. The molecule has 0 radical (unpaired) electrons. The van der Waals surface area contributed by atoms with Crippen LogP contribution in [0.2, 0.25) is 0 Å². The van der Waals surface area contributed by atoms with Crippen molar-refractivity contribution in [2.75, 3.05) is 45.0 Å². The molecule has 3 aliphatic rings. The highest BCUT2D eigenvalue weighted by atomic mass is 79.9. The van der Waals surface area contributed by atoms with Crippen LogP contribution in [0.4, 0.5) is 23.7 Å². The summed E-state index contributed by atoms with van der Waals surface area (Å²) in [6, 6.07) is 9.71. The maximum Gasteiger partial charge on any atom is 0.418 e. The first-order chi connectivity index (χ1) is 24.5. The number of para-hydroxylation sites is 1. The monoisotopic (exact) mass is 771 g/mol. The molecule has 0 unspecified atom stereocenters. The zero-order valence-electron chi connectivity index (χ0n) is 28.1. The molecule has 0 saturated carbocycles. The lowest BCUT2D eigenvalue weighted by Gasteiger charge is -2.39. The summed E-state index contributed by atoms with van der Waals surface area (Å²) in [5.41, 5.74) is 6.33. The Kier molecular flexibility index (Phi) is 10.0. The van der Waals surface area contributed by atoms with Crippen molar-refractivity contribution in [2.24, 2.45) is 11.8 Å². The number of pyridine rings is 1. The molecule has 7 rings (SSSR count). The summed E-state index contributed by atoms with van der Waals surface area (Å²) in [5, 5.41) is 4.23. The van der Waals surface area contributed by atoms with Gasteiger partial charge in [0.15, 0.2) is 6.10 Å². The SMILES string of the molecule is Nc1c(Br)cc(C[C@@H](OC(=O)N2CCC(n3c(=O)[nH]c4c5ccccc5ncc43)CC2)C(=O)N2CCC(C3CCNCC3)CC2)cc1C(F)(F)F. The first-order valence-electron chi connectivity index (χ1n) is 17.6. The average molecular weight is 773 g/mol. The Balaban J connectivity index is 1.07. The number of H-pyrrole nitrogens is 1. The van der Waals surface area contributed by atoms with Crippen LogP contribution in [-0.2, 0) is 22.1 Å². The van der Waals surface area contributed by atoms with Gasteiger partial charge in [0.05, 0.1) is 34.0 Å². The summed E-state index contributed by atoms with van der Waals surface area (Å²) < 4.78 is 49.2. The molecule has 0 bridgehead atoms. The van der Waals surface area contributed by atoms with Crippen LogP contribution in [0.3, 0.4) is 0 Å². The third kappa shape index (κ3) is 7.32. The van der Waals surface area contributed by atoms with Gasteiger partial charge in [-0.3, -0.25) is 14.3 Å². The van der Waals surface area contributed by atoms with Crippen LogP contribution in [-0.4, -0.2) is 81.7 Å². The van der Waals surface area contributed by atoms with Crippen molar-refractivity contribution in [1.29, 1.82) is 0 Å². The Morgan fingerprint density at radius 2 is 1.65 bits per heavy atom. The number of nitrogens with two attached hydrogens (primary N) is 1. The topological polar surface area (TPSA) is 139 Å². The molecular weight excluding hydrogens is 731 g/mol. The van der Waals surface area contributed by atoms with Gasteiger partial charge in [-0.1, -0.05) is 18.2 Å². The number of fused-ring (bicyclic) bond motifs is 3. The van der Waals surface area contributed by atoms with Crippen molar-refractivity contribution in [2.45, 2.75) is 63.3 Å². The number of hydrogen-bond donors (Lipinski definition) is 3. The minimum Gasteiger partial charge on any atom is -0.436 e. The number of hydrogen-bond acceptors (Lipinski definition) is 7. The standard InChI is InChI=1S/C36H41BrF3N7O4/c37-27-18-21(17-26(31(27)41)36(38,39)40)19-30(33(48)45-13-7-23(8-14-45)22-5-11-42-12-6-22)51-35(50)46-15-9-24(10-16-46)47-29-20-43-28-4-2-1-3-25(28)32(29)44-34(47)49/h1-4,17-18,20,22-24,30,42H,5-16,19,41H2,(H,44,49)/t30-/m1/s1. The van der Waals surface area contributed by atoms with Gasteiger partial charge in [0.1, 0.15) is 0 Å². The number of ether oxygens (including phenoxy) is 1. The van der Waals surface area contributed by atoms with Crippen molar-refractivity contribution >= 4 is 55.6 Å². The largest absolute Gasteiger partial charge is 0.436 e. The van der Waals surface area contributed by atoms with Crippen LogP contribution in [0.15, 0.2) is 51.9 Å². The second kappa shape index (κ2) is 14.5. The van der Waals surface area contributed by atoms with Gasteiger partial charge in [-0.05, 0) is 103 Å². The molecule has 3 saturated heterocycles. The van der Waals surface area contributed by atoms with E-state index in [-0.39, 0.29) is 41.3 Å². The van der Waals surface area contributed by atoms with Crippen LogP contribution < -0.4 is 16.7 Å². The Morgan fingerprint density at radius 3 is 2.35 bits per heavy atom. The number of likely N-dealkylation sites (tertiary alicyclic amines) is 2. The summed E-state index contributed by atoms with van der Waals surface area (Å²) in [7, 11) is 0. The third-order valence-electron chi connectivity index (χ3n) is 10.9. The lowest BCUT2D eigenvalue weighted by Crippen LogP contribution is -2.49. The lowest BCUT2D eigenvalue weighted by molar-refractivity contribution is -0.142. The molecule has 2 aromatic carbocycles. The minimum atomic E-state index is -4.71. The number of piperidine rings is 3. The van der Waals surface area contributed by atoms with Crippen LogP contribution in [0.25, 0.3) is 21.9 Å². The number of anilines is 1. The molecule has 2 aromatic heterocycles. The van der Waals surface area contributed by atoms with E-state index in [4.69, 9.17) is 10.5 Å². The fourth-order valence-electron chi connectivity index (χ4n) is 8.12. The molecule has 11 nitrogen and oxygen atoms in total. The number of carbonyl (C=O) groups excluding carboxylic acids is 2. The highest BCUT2D eigenvalue weighted by Gasteiger charge is 2.38. The van der Waals surface area contributed by atoms with Gasteiger partial charge in [-0.25, -0.2) is 9.59 Å². The number of amides is 2. The van der Waals surface area contributed by atoms with Crippen molar-refractivity contribution in [3.63, 3.8) is 0 Å². The molecule has 0 spiro atoms. The molecule has 4 aromatic rings. The normalized spacial score (nSPS) is 19.1. The van der Waals surface area contributed by atoms with E-state index in [1.807, 2.05) is 24.3 Å². The van der Waals surface area contributed by atoms with E-state index in [0.29, 0.717) is 48.8 Å². The number of imidazole rings is 1. The zero-order chi connectivity index (χ0) is 35.9. The Bertz CT molecular complexity index is 1980. The molecule has 1 atom stereocenters. The molecule has 0 aliphatic carbocycles. The van der Waals surface area contributed by atoms with Crippen molar-refractivity contribution in [3.05, 3.63) is 68.7 Å². The number of nitrogens with zero attached hydrogens (tertiary/aromatic N) is 4. The summed E-state index contributed by atoms with van der Waals surface area (Å²) in [6.07, 6.45) is -0.561. The van der Waals surface area contributed by atoms with Crippen LogP contribution in [0, 0.1) is 11.8 Å². The number of aromatic amines is 1. The first kappa shape index (κ1) is 35.3. The van der Waals surface area contributed by atoms with E-state index >= 15 is 0 Å². The summed E-state index contributed by atoms with van der Waals surface area (Å²) in [6.45, 7) is 3.49. The van der Waals surface area contributed by atoms with Crippen LogP contribution >= 0.6 is 15.9 Å². The lowest BCUT2D eigenvalue weighted by atomic mass is 9.79. The molecule has 15 heteroatoms. The Labute approximate surface area is 300 Å². The predicted octanol–water partition coefficient (Wildman–Crippen LogP) is 5.86. The molecule has 3 fully saturated rings. The van der Waals surface area contributed by atoms with E-state index in [9.17, 15) is 27.6 Å². The number of alkyl halides is 3. The number of rotatable bonds is 6. The number of carbonyl (C=O) groups is 2. The van der Waals surface area contributed by atoms with Gasteiger partial charge >= 0.3 is 18.0 Å². The second-order valence-corrected chi connectivity index (χ2v) is 14.8. The summed E-state index contributed by atoms with van der Waals surface area (Å²) in [4.78, 5) is 51.5. The number of benzene rings is 2. The van der Waals surface area contributed by atoms with Gasteiger partial charge < -0.3 is 30.6 Å². The van der Waals surface area contributed by atoms with Gasteiger partial charge in [0.25, 0.3) is 5.91 Å². The van der Waals surface area contributed by atoms with E-state index in [1.54, 1.807) is 15.7 Å². The molecular formula is C36H41BrF3N7O4. The molecule has 272 valence electrons. The van der Waals surface area contributed by atoms with Crippen LogP contribution in [0.1, 0.15) is 55.7 Å². The van der Waals surface area contributed by atoms with Crippen molar-refractivity contribution in [1.82, 2.24) is 29.7 Å². The summed E-state index contributed by atoms with van der Waals surface area (Å²) >= 11 is 3.13. The van der Waals surface area contributed by atoms with E-state index in [1.165, 1.54) is 11.0 Å². The highest BCUT2D eigenvalue weighted by Crippen LogP contribution is 2.39. The smallest absolute Gasteiger partial charge is 0.418 e. The Morgan fingerprint density at radius 1 is 0.980 bits per heavy atom.